The Bertz CT molecular complexity index is 652. The monoisotopic (exact) mass is 374 g/mol. The summed E-state index contributed by atoms with van der Waals surface area (Å²) in [7, 11) is 3.19. The Hall–Kier alpha value is -2.44. The van der Waals surface area contributed by atoms with Gasteiger partial charge < -0.3 is 25.0 Å². The second kappa shape index (κ2) is 9.48. The second-order valence-electron chi connectivity index (χ2n) is 7.16. The number of rotatable bonds is 6. The average molecular weight is 374 g/mol. The van der Waals surface area contributed by atoms with Gasteiger partial charge in [-0.2, -0.15) is 0 Å². The molecule has 1 aromatic carbocycles. The number of carbonyl (C=O) groups excluding carboxylic acids is 1. The molecule has 148 valence electrons. The van der Waals surface area contributed by atoms with Crippen LogP contribution in [0.1, 0.15) is 31.2 Å². The first-order valence-corrected chi connectivity index (χ1v) is 9.70. The first kappa shape index (κ1) is 19.3. The lowest BCUT2D eigenvalue weighted by Crippen LogP contribution is -2.49. The van der Waals surface area contributed by atoms with Crippen molar-refractivity contribution in [3.05, 3.63) is 29.8 Å². The molecule has 0 unspecified atom stereocenters. The summed E-state index contributed by atoms with van der Waals surface area (Å²) in [4.78, 5) is 17.6. The molecule has 1 aromatic rings. The number of methoxy groups -OCH3 is 1. The van der Waals surface area contributed by atoms with Crippen LogP contribution in [0.15, 0.2) is 29.3 Å². The van der Waals surface area contributed by atoms with Crippen LogP contribution in [0.2, 0.25) is 0 Å². The lowest BCUT2D eigenvalue weighted by atomic mass is 10.1. The zero-order valence-electron chi connectivity index (χ0n) is 16.2. The lowest BCUT2D eigenvalue weighted by molar-refractivity contribution is 0.111. The Balaban J connectivity index is 1.46. The molecule has 1 aliphatic heterocycles. The Morgan fingerprint density at radius 3 is 2.63 bits per heavy atom. The molecule has 1 saturated heterocycles. The summed E-state index contributed by atoms with van der Waals surface area (Å²) < 4.78 is 10.8. The number of ether oxygens (including phenoxy) is 2. The fourth-order valence-electron chi connectivity index (χ4n) is 3.19. The van der Waals surface area contributed by atoms with E-state index in [0.717, 1.165) is 42.6 Å². The van der Waals surface area contributed by atoms with Gasteiger partial charge in [-0.05, 0) is 37.7 Å². The van der Waals surface area contributed by atoms with Crippen molar-refractivity contribution in [1.29, 1.82) is 0 Å². The van der Waals surface area contributed by atoms with Crippen LogP contribution in [0.3, 0.4) is 0 Å². The number of amides is 1. The highest BCUT2D eigenvalue weighted by atomic mass is 16.5. The summed E-state index contributed by atoms with van der Waals surface area (Å²) in [6.45, 7) is 2.85. The van der Waals surface area contributed by atoms with Crippen LogP contribution in [-0.4, -0.2) is 56.8 Å². The van der Waals surface area contributed by atoms with Crippen LogP contribution in [0, 0.1) is 5.92 Å². The maximum absolute atomic E-state index is 11.6. The molecular formula is C20H30N4O3. The number of nitrogens with one attached hydrogen (secondary N) is 2. The summed E-state index contributed by atoms with van der Waals surface area (Å²) >= 11 is 0. The lowest BCUT2D eigenvalue weighted by Gasteiger charge is -2.32. The van der Waals surface area contributed by atoms with Crippen LogP contribution >= 0.6 is 0 Å². The molecule has 1 saturated carbocycles. The molecule has 7 nitrogen and oxygen atoms in total. The number of guanidine groups is 1. The molecule has 2 aliphatic rings. The van der Waals surface area contributed by atoms with E-state index >= 15 is 0 Å². The molecule has 0 spiro atoms. The molecule has 1 aliphatic carbocycles. The van der Waals surface area contributed by atoms with Crippen LogP contribution < -0.4 is 15.4 Å². The summed E-state index contributed by atoms with van der Waals surface area (Å²) in [6, 6.07) is 8.43. The fourth-order valence-corrected chi connectivity index (χ4v) is 3.19. The highest BCUT2D eigenvalue weighted by Gasteiger charge is 2.24. The van der Waals surface area contributed by atoms with Gasteiger partial charge in [-0.3, -0.25) is 4.99 Å². The predicted molar refractivity (Wildman–Crippen MR) is 105 cm³/mol. The third-order valence-corrected chi connectivity index (χ3v) is 5.08. The molecule has 7 heteroatoms. The minimum absolute atomic E-state index is 0.251. The highest BCUT2D eigenvalue weighted by molar-refractivity contribution is 5.80. The molecule has 0 aromatic heterocycles. The molecule has 1 heterocycles. The number of hydrogen-bond donors (Lipinski definition) is 2. The van der Waals surface area contributed by atoms with Crippen molar-refractivity contribution in [2.45, 2.75) is 38.3 Å². The number of carbonyl (C=O) groups is 1. The van der Waals surface area contributed by atoms with E-state index in [1.165, 1.54) is 20.0 Å². The Labute approximate surface area is 161 Å². The maximum atomic E-state index is 11.6. The van der Waals surface area contributed by atoms with E-state index in [4.69, 9.17) is 9.47 Å². The van der Waals surface area contributed by atoms with Gasteiger partial charge in [-0.15, -0.1) is 0 Å². The van der Waals surface area contributed by atoms with Crippen LogP contribution in [0.5, 0.6) is 5.75 Å². The Kier molecular flexibility index (Phi) is 6.79. The van der Waals surface area contributed by atoms with Crippen molar-refractivity contribution in [2.24, 2.45) is 10.9 Å². The smallest absolute Gasteiger partial charge is 0.409 e. The van der Waals surface area contributed by atoms with E-state index in [9.17, 15) is 4.79 Å². The van der Waals surface area contributed by atoms with E-state index in [0.29, 0.717) is 25.7 Å². The van der Waals surface area contributed by atoms with Crippen molar-refractivity contribution >= 4 is 12.1 Å². The molecule has 0 atom stereocenters. The standard InChI is InChI=1S/C20H30N4O3/c1-21-19(23-17-9-11-24(12-10-17)20(25)26-2)22-13-16-5-3-4-6-18(16)27-14-15-7-8-15/h3-6,15,17H,7-14H2,1-2H3,(H2,21,22,23). The van der Waals surface area contributed by atoms with Crippen LogP contribution in [0.4, 0.5) is 4.79 Å². The number of nitrogens with zero attached hydrogens (tertiary/aromatic N) is 2. The van der Waals surface area contributed by atoms with Gasteiger partial charge in [0.2, 0.25) is 0 Å². The Morgan fingerprint density at radius 2 is 1.96 bits per heavy atom. The summed E-state index contributed by atoms with van der Waals surface area (Å²) in [5, 5.41) is 6.83. The number of hydrogen-bond acceptors (Lipinski definition) is 4. The van der Waals surface area contributed by atoms with Crippen molar-refractivity contribution in [1.82, 2.24) is 15.5 Å². The number of piperidine rings is 1. The average Bonchev–Trinajstić information content (AvgIpc) is 3.54. The molecule has 27 heavy (non-hydrogen) atoms. The predicted octanol–water partition coefficient (Wildman–Crippen LogP) is 2.37. The van der Waals surface area contributed by atoms with Gasteiger partial charge in [-0.1, -0.05) is 18.2 Å². The van der Waals surface area contributed by atoms with E-state index in [2.05, 4.69) is 21.7 Å². The van der Waals surface area contributed by atoms with Crippen molar-refractivity contribution in [3.63, 3.8) is 0 Å². The maximum Gasteiger partial charge on any atom is 0.409 e. The minimum atomic E-state index is -0.251. The minimum Gasteiger partial charge on any atom is -0.493 e. The molecule has 2 N–H and O–H groups in total. The fraction of sp³-hybridized carbons (Fsp3) is 0.600. The summed E-state index contributed by atoms with van der Waals surface area (Å²) in [6.07, 6.45) is 4.06. The summed E-state index contributed by atoms with van der Waals surface area (Å²) in [5.74, 6) is 2.44. The number of benzene rings is 1. The van der Waals surface area contributed by atoms with Crippen LogP contribution in [0.25, 0.3) is 0 Å². The van der Waals surface area contributed by atoms with E-state index in [-0.39, 0.29) is 6.09 Å². The quantitative estimate of drug-likeness (QED) is 0.591. The Morgan fingerprint density at radius 1 is 1.22 bits per heavy atom. The van der Waals surface area contributed by atoms with Crippen LogP contribution in [-0.2, 0) is 11.3 Å². The third kappa shape index (κ3) is 5.77. The van der Waals surface area contributed by atoms with Gasteiger partial charge in [0.05, 0.1) is 13.7 Å². The van der Waals surface area contributed by atoms with Crippen molar-refractivity contribution in [2.75, 3.05) is 33.9 Å². The molecular weight excluding hydrogens is 344 g/mol. The van der Waals surface area contributed by atoms with E-state index in [1.54, 1.807) is 11.9 Å². The van der Waals surface area contributed by atoms with E-state index < -0.39 is 0 Å². The van der Waals surface area contributed by atoms with Gasteiger partial charge in [-0.25, -0.2) is 4.79 Å². The number of para-hydroxylation sites is 1. The second-order valence-corrected chi connectivity index (χ2v) is 7.16. The summed E-state index contributed by atoms with van der Waals surface area (Å²) in [5.41, 5.74) is 1.13. The first-order valence-electron chi connectivity index (χ1n) is 9.70. The zero-order valence-corrected chi connectivity index (χ0v) is 16.2. The normalized spacial score (nSPS) is 18.1. The highest BCUT2D eigenvalue weighted by Crippen LogP contribution is 2.30. The third-order valence-electron chi connectivity index (χ3n) is 5.08. The molecule has 2 fully saturated rings. The SMILES string of the molecule is CN=C(NCc1ccccc1OCC1CC1)NC1CCN(C(=O)OC)CC1. The molecule has 3 rings (SSSR count). The van der Waals surface area contributed by atoms with Gasteiger partial charge in [0, 0.05) is 38.3 Å². The van der Waals surface area contributed by atoms with Gasteiger partial charge in [0.1, 0.15) is 5.75 Å². The van der Waals surface area contributed by atoms with Gasteiger partial charge >= 0.3 is 6.09 Å². The topological polar surface area (TPSA) is 75.2 Å². The van der Waals surface area contributed by atoms with Gasteiger partial charge in [0.15, 0.2) is 5.96 Å². The van der Waals surface area contributed by atoms with Gasteiger partial charge in [0.25, 0.3) is 0 Å². The molecule has 0 bridgehead atoms. The first-order chi connectivity index (χ1) is 13.2. The molecule has 1 amide bonds. The van der Waals surface area contributed by atoms with Crippen molar-refractivity contribution < 1.29 is 14.3 Å². The zero-order chi connectivity index (χ0) is 19.1. The van der Waals surface area contributed by atoms with Crippen molar-refractivity contribution in [3.8, 4) is 5.75 Å². The number of likely N-dealkylation sites (tertiary alicyclic amines) is 1. The van der Waals surface area contributed by atoms with E-state index in [1.807, 2.05) is 18.2 Å². The molecule has 0 radical (unpaired) electrons. The number of aliphatic imine (C=N–C) groups is 1. The largest absolute Gasteiger partial charge is 0.493 e.